The Hall–Kier alpha value is -3.13. The maximum Gasteiger partial charge on any atom is 0.338 e. The second kappa shape index (κ2) is 8.65. The Balaban J connectivity index is 2.19. The Morgan fingerprint density at radius 3 is 2.04 bits per heavy atom. The maximum atomic E-state index is 11.5. The fourth-order valence-corrected chi connectivity index (χ4v) is 2.32. The lowest BCUT2D eigenvalue weighted by Gasteiger charge is -2.07. The van der Waals surface area contributed by atoms with E-state index >= 15 is 0 Å². The fourth-order valence-electron chi connectivity index (χ4n) is 2.32. The van der Waals surface area contributed by atoms with Crippen molar-refractivity contribution in [2.75, 3.05) is 0 Å². The molecule has 0 aliphatic rings. The van der Waals surface area contributed by atoms with E-state index in [9.17, 15) is 4.79 Å². The summed E-state index contributed by atoms with van der Waals surface area (Å²) in [6, 6.07) is 15.7. The van der Waals surface area contributed by atoms with E-state index < -0.39 is 5.97 Å². The molecule has 2 aromatic rings. The molecule has 0 atom stereocenters. The van der Waals surface area contributed by atoms with E-state index in [4.69, 9.17) is 4.74 Å². The van der Waals surface area contributed by atoms with E-state index in [2.05, 4.69) is 43.5 Å². The summed E-state index contributed by atoms with van der Waals surface area (Å²) in [5.74, 6) is 0.0975. The molecule has 0 saturated carbocycles. The summed E-state index contributed by atoms with van der Waals surface area (Å²) >= 11 is 0. The Labute approximate surface area is 149 Å². The third-order valence-electron chi connectivity index (χ3n) is 3.61. The van der Waals surface area contributed by atoms with Crippen LogP contribution < -0.4 is 4.74 Å². The number of rotatable bonds is 6. The van der Waals surface area contributed by atoms with Crippen LogP contribution in [0.5, 0.6) is 5.75 Å². The third kappa shape index (κ3) is 4.92. The lowest BCUT2D eigenvalue weighted by molar-refractivity contribution is -0.130. The first-order valence-electron chi connectivity index (χ1n) is 8.09. The van der Waals surface area contributed by atoms with Gasteiger partial charge >= 0.3 is 5.97 Å². The van der Waals surface area contributed by atoms with Gasteiger partial charge in [-0.3, -0.25) is 0 Å². The van der Waals surface area contributed by atoms with E-state index in [-0.39, 0.29) is 0 Å². The Bertz CT molecular complexity index is 819. The molecule has 0 amide bonds. The van der Waals surface area contributed by atoms with E-state index in [0.717, 1.165) is 22.3 Å². The highest BCUT2D eigenvalue weighted by atomic mass is 16.5. The molecule has 0 bridgehead atoms. The molecule has 0 fully saturated rings. The van der Waals surface area contributed by atoms with Crippen molar-refractivity contribution in [3.05, 3.63) is 97.1 Å². The van der Waals surface area contributed by atoms with E-state index in [1.54, 1.807) is 25.1 Å². The minimum Gasteiger partial charge on any atom is -0.423 e. The summed E-state index contributed by atoms with van der Waals surface area (Å²) in [7, 11) is 0. The zero-order valence-electron chi connectivity index (χ0n) is 14.7. The van der Waals surface area contributed by atoms with Gasteiger partial charge in [-0.2, -0.15) is 0 Å². The number of benzene rings is 2. The van der Waals surface area contributed by atoms with Crippen LogP contribution in [-0.4, -0.2) is 5.97 Å². The summed E-state index contributed by atoms with van der Waals surface area (Å²) in [5.41, 5.74) is 4.78. The molecule has 0 unspecified atom stereocenters. The van der Waals surface area contributed by atoms with Gasteiger partial charge in [0, 0.05) is 5.57 Å². The van der Waals surface area contributed by atoms with Gasteiger partial charge in [-0.25, -0.2) is 4.79 Å². The molecule has 0 spiro atoms. The Morgan fingerprint density at radius 2 is 1.56 bits per heavy atom. The molecule has 126 valence electrons. The highest BCUT2D eigenvalue weighted by Crippen LogP contribution is 2.25. The van der Waals surface area contributed by atoms with Crippen molar-refractivity contribution in [2.24, 2.45) is 0 Å². The Morgan fingerprint density at radius 1 is 1.00 bits per heavy atom. The van der Waals surface area contributed by atoms with E-state index in [1.807, 2.05) is 31.2 Å². The molecular weight excluding hydrogens is 308 g/mol. The first-order valence-corrected chi connectivity index (χ1v) is 8.09. The Kier molecular flexibility index (Phi) is 6.30. The zero-order valence-corrected chi connectivity index (χ0v) is 14.7. The SMILES string of the molecule is C=C/C=C(\C=C/C)c1ccc(-c2ccc(OC(=O)C(=C)C)cc2)cc1. The molecule has 0 aliphatic carbocycles. The molecule has 0 saturated heterocycles. The van der Waals surface area contributed by atoms with Gasteiger partial charge in [0.1, 0.15) is 5.75 Å². The van der Waals surface area contributed by atoms with Gasteiger partial charge in [-0.15, -0.1) is 0 Å². The lowest BCUT2D eigenvalue weighted by Crippen LogP contribution is -2.07. The number of hydrogen-bond donors (Lipinski definition) is 0. The minimum absolute atomic E-state index is 0.379. The molecule has 0 radical (unpaired) electrons. The highest BCUT2D eigenvalue weighted by molar-refractivity contribution is 5.88. The van der Waals surface area contributed by atoms with Crippen molar-refractivity contribution < 1.29 is 9.53 Å². The van der Waals surface area contributed by atoms with Crippen molar-refractivity contribution >= 4 is 11.5 Å². The normalized spacial score (nSPS) is 11.4. The molecule has 0 N–H and O–H groups in total. The third-order valence-corrected chi connectivity index (χ3v) is 3.61. The number of carbonyl (C=O) groups is 1. The number of hydrogen-bond acceptors (Lipinski definition) is 2. The lowest BCUT2D eigenvalue weighted by atomic mass is 10.00. The van der Waals surface area contributed by atoms with Gasteiger partial charge < -0.3 is 4.74 Å². The number of ether oxygens (including phenoxy) is 1. The molecule has 0 aromatic heterocycles. The van der Waals surface area contributed by atoms with E-state index in [0.29, 0.717) is 11.3 Å². The molecular formula is C23H22O2. The predicted octanol–water partition coefficient (Wildman–Crippen LogP) is 5.98. The van der Waals surface area contributed by atoms with E-state index in [1.165, 1.54) is 0 Å². The second-order valence-corrected chi connectivity index (χ2v) is 5.63. The average Bonchev–Trinajstić information content (AvgIpc) is 2.62. The summed E-state index contributed by atoms with van der Waals surface area (Å²) in [6.45, 7) is 11.0. The van der Waals surface area contributed by atoms with Gasteiger partial charge in [0.05, 0.1) is 0 Å². The van der Waals surface area contributed by atoms with Crippen LogP contribution in [-0.2, 0) is 4.79 Å². The summed E-state index contributed by atoms with van der Waals surface area (Å²) in [6.07, 6.45) is 7.84. The number of esters is 1. The largest absolute Gasteiger partial charge is 0.423 e. The number of allylic oxidation sites excluding steroid dienone is 5. The molecule has 0 heterocycles. The quantitative estimate of drug-likeness (QED) is 0.282. The summed E-state index contributed by atoms with van der Waals surface area (Å²) in [5, 5.41) is 0. The summed E-state index contributed by atoms with van der Waals surface area (Å²) in [4.78, 5) is 11.5. The standard InChI is InChI=1S/C23H22O2/c1-5-7-18(8-6-2)19-9-11-20(12-10-19)21-13-15-22(16-14-21)25-23(24)17(3)4/h5-16H,1,3H2,2,4H3/b8-6-,18-7+. The van der Waals surface area contributed by atoms with Crippen LogP contribution in [0.15, 0.2) is 91.6 Å². The maximum absolute atomic E-state index is 11.5. The van der Waals surface area contributed by atoms with Crippen LogP contribution >= 0.6 is 0 Å². The van der Waals surface area contributed by atoms with Gasteiger partial charge in [0.25, 0.3) is 0 Å². The summed E-state index contributed by atoms with van der Waals surface area (Å²) < 4.78 is 5.21. The van der Waals surface area contributed by atoms with Crippen LogP contribution in [0.2, 0.25) is 0 Å². The molecule has 25 heavy (non-hydrogen) atoms. The molecule has 2 aromatic carbocycles. The van der Waals surface area contributed by atoms with Gasteiger partial charge in [0.2, 0.25) is 0 Å². The van der Waals surface area contributed by atoms with Gasteiger partial charge in [-0.1, -0.05) is 73.9 Å². The van der Waals surface area contributed by atoms with Crippen LogP contribution in [0.4, 0.5) is 0 Å². The van der Waals surface area contributed by atoms with Crippen LogP contribution in [0.25, 0.3) is 16.7 Å². The van der Waals surface area contributed by atoms with Crippen molar-refractivity contribution in [3.63, 3.8) is 0 Å². The predicted molar refractivity (Wildman–Crippen MR) is 105 cm³/mol. The molecule has 0 aliphatic heterocycles. The van der Waals surface area contributed by atoms with Crippen LogP contribution in [0, 0.1) is 0 Å². The smallest absolute Gasteiger partial charge is 0.338 e. The monoisotopic (exact) mass is 330 g/mol. The first kappa shape index (κ1) is 18.2. The second-order valence-electron chi connectivity index (χ2n) is 5.63. The van der Waals surface area contributed by atoms with Crippen molar-refractivity contribution in [3.8, 4) is 16.9 Å². The topological polar surface area (TPSA) is 26.3 Å². The van der Waals surface area contributed by atoms with Crippen LogP contribution in [0.1, 0.15) is 19.4 Å². The van der Waals surface area contributed by atoms with Crippen molar-refractivity contribution in [1.29, 1.82) is 0 Å². The molecule has 2 nitrogen and oxygen atoms in total. The van der Waals surface area contributed by atoms with Gasteiger partial charge in [-0.05, 0) is 48.2 Å². The minimum atomic E-state index is -0.414. The molecule has 2 rings (SSSR count). The van der Waals surface area contributed by atoms with Crippen LogP contribution in [0.3, 0.4) is 0 Å². The van der Waals surface area contributed by atoms with Crippen molar-refractivity contribution in [1.82, 2.24) is 0 Å². The molecule has 2 heteroatoms. The fraction of sp³-hybridized carbons (Fsp3) is 0.0870. The number of carbonyl (C=O) groups excluding carboxylic acids is 1. The van der Waals surface area contributed by atoms with Crippen molar-refractivity contribution in [2.45, 2.75) is 13.8 Å². The van der Waals surface area contributed by atoms with Gasteiger partial charge in [0.15, 0.2) is 0 Å². The first-order chi connectivity index (χ1) is 12.0. The highest BCUT2D eigenvalue weighted by Gasteiger charge is 2.06. The average molecular weight is 330 g/mol. The zero-order chi connectivity index (χ0) is 18.2.